The molecule has 5 heteroatoms. The topological polar surface area (TPSA) is 66.0 Å². The second-order valence-corrected chi connectivity index (χ2v) is 3.85. The van der Waals surface area contributed by atoms with Gasteiger partial charge >= 0.3 is 0 Å². The zero-order valence-corrected chi connectivity index (χ0v) is 10.8. The number of nitrogens with zero attached hydrogens (tertiary/aromatic N) is 3. The average Bonchev–Trinajstić information content (AvgIpc) is 2.82. The van der Waals surface area contributed by atoms with Crippen LogP contribution < -0.4 is 10.5 Å². The van der Waals surface area contributed by atoms with Crippen molar-refractivity contribution < 1.29 is 4.74 Å². The maximum Gasteiger partial charge on any atom is 0.145 e. The van der Waals surface area contributed by atoms with Gasteiger partial charge in [0.05, 0.1) is 18.0 Å². The molecule has 0 fully saturated rings. The van der Waals surface area contributed by atoms with Crippen LogP contribution in [0.1, 0.15) is 25.2 Å². The highest BCUT2D eigenvalue weighted by Crippen LogP contribution is 2.24. The first-order valence-corrected chi connectivity index (χ1v) is 6.17. The predicted octanol–water partition coefficient (Wildman–Crippen LogP) is 1.69. The maximum atomic E-state index is 5.67. The van der Waals surface area contributed by atoms with Crippen molar-refractivity contribution in [3.8, 4) is 11.4 Å². The monoisotopic (exact) mass is 246 g/mol. The molecule has 2 aromatic rings. The Balaban J connectivity index is 2.51. The van der Waals surface area contributed by atoms with E-state index in [1.165, 1.54) is 0 Å². The molecule has 2 rings (SSSR count). The zero-order chi connectivity index (χ0) is 13.0. The Kier molecular flexibility index (Phi) is 3.94. The Hall–Kier alpha value is -1.88. The normalized spacial score (nSPS) is 10.6. The van der Waals surface area contributed by atoms with Gasteiger partial charge in [0.1, 0.15) is 11.4 Å². The summed E-state index contributed by atoms with van der Waals surface area (Å²) in [6, 6.07) is 7.81. The summed E-state index contributed by atoms with van der Waals surface area (Å²) in [4.78, 5) is 0. The number of ether oxygens (including phenoxy) is 1. The molecule has 0 aliphatic carbocycles. The van der Waals surface area contributed by atoms with Gasteiger partial charge in [0.2, 0.25) is 0 Å². The van der Waals surface area contributed by atoms with Crippen molar-refractivity contribution in [3.63, 3.8) is 0 Å². The molecule has 1 aromatic heterocycles. The van der Waals surface area contributed by atoms with Gasteiger partial charge in [0, 0.05) is 6.54 Å². The summed E-state index contributed by atoms with van der Waals surface area (Å²) in [5, 5.41) is 8.29. The summed E-state index contributed by atoms with van der Waals surface area (Å²) in [7, 11) is 0. The van der Waals surface area contributed by atoms with E-state index in [1.807, 2.05) is 35.9 Å². The molecular weight excluding hydrogens is 228 g/mol. The van der Waals surface area contributed by atoms with E-state index in [4.69, 9.17) is 10.5 Å². The number of aromatic nitrogens is 3. The van der Waals surface area contributed by atoms with Gasteiger partial charge in [-0.05, 0) is 25.5 Å². The molecule has 0 atom stereocenters. The number of para-hydroxylation sites is 2. The molecule has 18 heavy (non-hydrogen) atoms. The van der Waals surface area contributed by atoms with Crippen LogP contribution >= 0.6 is 0 Å². The van der Waals surface area contributed by atoms with E-state index < -0.39 is 0 Å². The van der Waals surface area contributed by atoms with Crippen LogP contribution in [0.5, 0.6) is 5.75 Å². The van der Waals surface area contributed by atoms with Gasteiger partial charge < -0.3 is 10.5 Å². The van der Waals surface area contributed by atoms with Crippen molar-refractivity contribution >= 4 is 0 Å². The lowest BCUT2D eigenvalue weighted by Crippen LogP contribution is -2.07. The highest BCUT2D eigenvalue weighted by Gasteiger charge is 2.14. The van der Waals surface area contributed by atoms with Crippen molar-refractivity contribution in [2.24, 2.45) is 5.73 Å². The molecular formula is C13H18N4O. The number of hydrogen-bond acceptors (Lipinski definition) is 4. The van der Waals surface area contributed by atoms with Crippen LogP contribution in [0.25, 0.3) is 5.69 Å². The highest BCUT2D eigenvalue weighted by molar-refractivity contribution is 5.47. The molecule has 0 aliphatic rings. The second-order valence-electron chi connectivity index (χ2n) is 3.85. The maximum absolute atomic E-state index is 5.67. The molecule has 5 nitrogen and oxygen atoms in total. The van der Waals surface area contributed by atoms with Crippen LogP contribution in [-0.4, -0.2) is 21.6 Å². The molecule has 1 heterocycles. The van der Waals surface area contributed by atoms with Gasteiger partial charge in [-0.1, -0.05) is 24.3 Å². The fourth-order valence-corrected chi connectivity index (χ4v) is 1.95. The Morgan fingerprint density at radius 3 is 2.72 bits per heavy atom. The van der Waals surface area contributed by atoms with E-state index in [-0.39, 0.29) is 0 Å². The molecule has 2 N–H and O–H groups in total. The molecule has 0 unspecified atom stereocenters. The van der Waals surface area contributed by atoms with Crippen LogP contribution in [0.3, 0.4) is 0 Å². The smallest absolute Gasteiger partial charge is 0.145 e. The summed E-state index contributed by atoms with van der Waals surface area (Å²) in [5.41, 5.74) is 8.44. The minimum Gasteiger partial charge on any atom is -0.492 e. The number of nitrogens with two attached hydrogens (primary N) is 1. The lowest BCUT2D eigenvalue weighted by Gasteiger charge is -2.11. The molecule has 0 saturated heterocycles. The molecule has 0 saturated carbocycles. The fraction of sp³-hybridized carbons (Fsp3) is 0.385. The van der Waals surface area contributed by atoms with Crippen LogP contribution in [0.4, 0.5) is 0 Å². The quantitative estimate of drug-likeness (QED) is 0.871. The Bertz CT molecular complexity index is 521. The molecule has 0 spiro atoms. The van der Waals surface area contributed by atoms with E-state index in [9.17, 15) is 0 Å². The van der Waals surface area contributed by atoms with Crippen molar-refractivity contribution in [1.29, 1.82) is 0 Å². The first kappa shape index (κ1) is 12.6. The summed E-state index contributed by atoms with van der Waals surface area (Å²) in [6.07, 6.45) is 0.833. The highest BCUT2D eigenvalue weighted by atomic mass is 16.5. The van der Waals surface area contributed by atoms with Crippen molar-refractivity contribution in [3.05, 3.63) is 35.7 Å². The summed E-state index contributed by atoms with van der Waals surface area (Å²) in [6.45, 7) is 5.05. The summed E-state index contributed by atoms with van der Waals surface area (Å²) < 4.78 is 7.43. The first-order valence-electron chi connectivity index (χ1n) is 6.17. The van der Waals surface area contributed by atoms with Gasteiger partial charge in [-0.25, -0.2) is 4.68 Å². The van der Waals surface area contributed by atoms with Crippen LogP contribution in [0, 0.1) is 0 Å². The third kappa shape index (κ3) is 2.22. The van der Waals surface area contributed by atoms with Gasteiger partial charge in [0.25, 0.3) is 0 Å². The van der Waals surface area contributed by atoms with Gasteiger partial charge in [-0.2, -0.15) is 0 Å². The molecule has 1 aromatic carbocycles. The summed E-state index contributed by atoms with van der Waals surface area (Å²) >= 11 is 0. The SMILES string of the molecule is CCOc1ccccc1-n1nnc(CN)c1CC. The lowest BCUT2D eigenvalue weighted by atomic mass is 10.2. The zero-order valence-electron chi connectivity index (χ0n) is 10.8. The molecule has 0 aliphatic heterocycles. The van der Waals surface area contributed by atoms with E-state index in [1.54, 1.807) is 0 Å². The summed E-state index contributed by atoms with van der Waals surface area (Å²) in [5.74, 6) is 0.808. The Morgan fingerprint density at radius 1 is 1.28 bits per heavy atom. The number of rotatable bonds is 5. The third-order valence-electron chi connectivity index (χ3n) is 2.77. The minimum atomic E-state index is 0.403. The van der Waals surface area contributed by atoms with Crippen LogP contribution in [0.15, 0.2) is 24.3 Å². The number of hydrogen-bond donors (Lipinski definition) is 1. The van der Waals surface area contributed by atoms with Gasteiger partial charge in [-0.15, -0.1) is 5.10 Å². The molecule has 0 amide bonds. The van der Waals surface area contributed by atoms with Crippen LogP contribution in [-0.2, 0) is 13.0 Å². The fourth-order valence-electron chi connectivity index (χ4n) is 1.95. The minimum absolute atomic E-state index is 0.403. The van der Waals surface area contributed by atoms with E-state index in [0.717, 1.165) is 29.2 Å². The molecule has 0 bridgehead atoms. The standard InChI is InChI=1S/C13H18N4O/c1-3-11-10(9-14)15-16-17(11)12-7-5-6-8-13(12)18-4-2/h5-8H,3-4,9,14H2,1-2H3. The molecule has 0 radical (unpaired) electrons. The largest absolute Gasteiger partial charge is 0.492 e. The van der Waals surface area contributed by atoms with Crippen molar-refractivity contribution in [2.75, 3.05) is 6.61 Å². The number of benzene rings is 1. The van der Waals surface area contributed by atoms with E-state index >= 15 is 0 Å². The lowest BCUT2D eigenvalue weighted by molar-refractivity contribution is 0.338. The Labute approximate surface area is 107 Å². The van der Waals surface area contributed by atoms with Crippen molar-refractivity contribution in [1.82, 2.24) is 15.0 Å². The van der Waals surface area contributed by atoms with Crippen LogP contribution in [0.2, 0.25) is 0 Å². The third-order valence-corrected chi connectivity index (χ3v) is 2.77. The van der Waals surface area contributed by atoms with Gasteiger partial charge in [-0.3, -0.25) is 0 Å². The van der Waals surface area contributed by atoms with E-state index in [0.29, 0.717) is 13.2 Å². The molecule has 96 valence electrons. The van der Waals surface area contributed by atoms with Gasteiger partial charge in [0.15, 0.2) is 0 Å². The second kappa shape index (κ2) is 5.64. The van der Waals surface area contributed by atoms with Crippen molar-refractivity contribution in [2.45, 2.75) is 26.8 Å². The predicted molar refractivity (Wildman–Crippen MR) is 69.8 cm³/mol. The Morgan fingerprint density at radius 2 is 2.06 bits per heavy atom. The average molecular weight is 246 g/mol. The first-order chi connectivity index (χ1) is 8.81. The van der Waals surface area contributed by atoms with E-state index in [2.05, 4.69) is 17.2 Å².